The van der Waals surface area contributed by atoms with Gasteiger partial charge in [-0.1, -0.05) is 23.8 Å². The van der Waals surface area contributed by atoms with Crippen LogP contribution in [0.5, 0.6) is 0 Å². The predicted molar refractivity (Wildman–Crippen MR) is 118 cm³/mol. The molecule has 0 radical (unpaired) electrons. The number of amides is 1. The summed E-state index contributed by atoms with van der Waals surface area (Å²) in [5, 5.41) is 1.67. The molecule has 3 heterocycles. The lowest BCUT2D eigenvalue weighted by molar-refractivity contribution is -0.141. The third-order valence-corrected chi connectivity index (χ3v) is 9.48. The number of fused-ring (bicyclic) bond motifs is 1. The molecule has 0 spiro atoms. The van der Waals surface area contributed by atoms with Crippen LogP contribution in [0, 0.1) is 5.82 Å². The van der Waals surface area contributed by atoms with Gasteiger partial charge in [-0.05, 0) is 42.5 Å². The van der Waals surface area contributed by atoms with Gasteiger partial charge in [-0.2, -0.15) is 9.30 Å². The summed E-state index contributed by atoms with van der Waals surface area (Å²) < 4.78 is 48.0. The zero-order valence-electron chi connectivity index (χ0n) is 17.1. The van der Waals surface area contributed by atoms with E-state index in [0.29, 0.717) is 29.5 Å². The van der Waals surface area contributed by atoms with E-state index < -0.39 is 33.8 Å². The van der Waals surface area contributed by atoms with Crippen molar-refractivity contribution in [2.75, 3.05) is 13.7 Å². The first-order valence-corrected chi connectivity index (χ1v) is 12.9. The fraction of sp³-hybridized carbons (Fsp3) is 0.350. The molecule has 1 unspecified atom stereocenters. The van der Waals surface area contributed by atoms with Crippen LogP contribution in [0.2, 0.25) is 0 Å². The summed E-state index contributed by atoms with van der Waals surface area (Å²) in [5.41, 5.74) is 0.528. The first-order chi connectivity index (χ1) is 15.3. The highest BCUT2D eigenvalue weighted by Gasteiger charge is 2.38. The van der Waals surface area contributed by atoms with Gasteiger partial charge in [0, 0.05) is 6.54 Å². The molecule has 0 aliphatic carbocycles. The Balaban J connectivity index is 1.76. The molecule has 1 aliphatic heterocycles. The fourth-order valence-corrected chi connectivity index (χ4v) is 7.44. The van der Waals surface area contributed by atoms with Crippen molar-refractivity contribution in [2.24, 2.45) is 4.99 Å². The largest absolute Gasteiger partial charge is 0.468 e. The van der Waals surface area contributed by atoms with Crippen molar-refractivity contribution < 1.29 is 27.1 Å². The number of hydrogen-bond donors (Lipinski definition) is 0. The molecule has 0 saturated carbocycles. The van der Waals surface area contributed by atoms with E-state index in [2.05, 4.69) is 4.99 Å². The van der Waals surface area contributed by atoms with Crippen molar-refractivity contribution >= 4 is 54.8 Å². The van der Waals surface area contributed by atoms with Gasteiger partial charge < -0.3 is 9.30 Å². The number of benzene rings is 1. The summed E-state index contributed by atoms with van der Waals surface area (Å²) in [5.74, 6) is -1.62. The molecule has 12 heteroatoms. The van der Waals surface area contributed by atoms with Crippen molar-refractivity contribution in [3.05, 3.63) is 46.3 Å². The Morgan fingerprint density at radius 3 is 2.81 bits per heavy atom. The van der Waals surface area contributed by atoms with Gasteiger partial charge in [-0.15, -0.1) is 11.3 Å². The van der Waals surface area contributed by atoms with Crippen molar-refractivity contribution in [1.29, 1.82) is 0 Å². The van der Waals surface area contributed by atoms with Crippen molar-refractivity contribution in [3.8, 4) is 0 Å². The van der Waals surface area contributed by atoms with Gasteiger partial charge in [0.15, 0.2) is 4.80 Å². The van der Waals surface area contributed by atoms with E-state index in [-0.39, 0.29) is 22.1 Å². The zero-order valence-corrected chi connectivity index (χ0v) is 19.5. The van der Waals surface area contributed by atoms with Crippen LogP contribution in [0.15, 0.2) is 44.9 Å². The third kappa shape index (κ3) is 4.40. The smallest absolute Gasteiger partial charge is 0.325 e. The van der Waals surface area contributed by atoms with Crippen LogP contribution in [-0.2, 0) is 30.9 Å². The lowest BCUT2D eigenvalue weighted by Crippen LogP contribution is -2.47. The van der Waals surface area contributed by atoms with Gasteiger partial charge in [-0.3, -0.25) is 9.59 Å². The number of sulfonamides is 1. The highest BCUT2D eigenvalue weighted by Crippen LogP contribution is 2.28. The Morgan fingerprint density at radius 2 is 2.09 bits per heavy atom. The number of carbonyl (C=O) groups is 2. The maximum Gasteiger partial charge on any atom is 0.325 e. The Hall–Kier alpha value is -2.41. The highest BCUT2D eigenvalue weighted by molar-refractivity contribution is 7.91. The standard InChI is InChI=1S/C20H20FN3O5S3/c1-29-17(25)12-23-14-8-7-13(21)11-16(14)31-20(23)22-19(26)15-5-2-3-9-24(15)32(27,28)18-6-4-10-30-18/h4,6-8,10-11,15H,2-3,5,9,12H2,1H3. The lowest BCUT2D eigenvalue weighted by Gasteiger charge is -2.31. The predicted octanol–water partition coefficient (Wildman–Crippen LogP) is 2.75. The second kappa shape index (κ2) is 9.22. The maximum absolute atomic E-state index is 13.7. The number of rotatable bonds is 5. The van der Waals surface area contributed by atoms with Gasteiger partial charge in [0.1, 0.15) is 22.6 Å². The van der Waals surface area contributed by atoms with Crippen LogP contribution in [0.25, 0.3) is 10.2 Å². The van der Waals surface area contributed by atoms with Gasteiger partial charge in [-0.25, -0.2) is 12.8 Å². The average Bonchev–Trinajstić information content (AvgIpc) is 3.43. The van der Waals surface area contributed by atoms with Crippen LogP contribution in [0.3, 0.4) is 0 Å². The number of aromatic nitrogens is 1. The number of ether oxygens (including phenoxy) is 1. The molecule has 1 atom stereocenters. The van der Waals surface area contributed by atoms with E-state index in [0.717, 1.165) is 22.7 Å². The molecule has 0 N–H and O–H groups in total. The quantitative estimate of drug-likeness (QED) is 0.505. The number of methoxy groups -OCH3 is 1. The first-order valence-electron chi connectivity index (χ1n) is 9.81. The van der Waals surface area contributed by atoms with Gasteiger partial charge >= 0.3 is 5.97 Å². The van der Waals surface area contributed by atoms with Crippen molar-refractivity contribution in [3.63, 3.8) is 0 Å². The molecule has 170 valence electrons. The van der Waals surface area contributed by atoms with Crippen LogP contribution in [0.1, 0.15) is 19.3 Å². The van der Waals surface area contributed by atoms with Gasteiger partial charge in [0.2, 0.25) is 0 Å². The minimum Gasteiger partial charge on any atom is -0.468 e. The number of esters is 1. The molecule has 32 heavy (non-hydrogen) atoms. The highest BCUT2D eigenvalue weighted by atomic mass is 32.2. The molecule has 1 saturated heterocycles. The zero-order chi connectivity index (χ0) is 22.9. The number of carbonyl (C=O) groups excluding carboxylic acids is 2. The molecule has 2 aromatic heterocycles. The van der Waals surface area contributed by atoms with E-state index in [1.165, 1.54) is 40.2 Å². The summed E-state index contributed by atoms with van der Waals surface area (Å²) >= 11 is 2.15. The minimum absolute atomic E-state index is 0.176. The number of thiophene rings is 1. The minimum atomic E-state index is -3.82. The summed E-state index contributed by atoms with van der Waals surface area (Å²) in [6.45, 7) is 0.0159. The summed E-state index contributed by atoms with van der Waals surface area (Å²) in [6, 6.07) is 6.27. The summed E-state index contributed by atoms with van der Waals surface area (Å²) in [4.78, 5) is 29.5. The van der Waals surface area contributed by atoms with Gasteiger partial charge in [0.05, 0.1) is 17.3 Å². The third-order valence-electron chi connectivity index (χ3n) is 5.16. The monoisotopic (exact) mass is 497 g/mol. The molecular formula is C20H20FN3O5S3. The Kier molecular flexibility index (Phi) is 6.56. The number of nitrogens with zero attached hydrogens (tertiary/aromatic N) is 3. The van der Waals surface area contributed by atoms with Gasteiger partial charge in [0.25, 0.3) is 15.9 Å². The molecule has 4 rings (SSSR count). The molecular weight excluding hydrogens is 477 g/mol. The summed E-state index contributed by atoms with van der Waals surface area (Å²) in [7, 11) is -2.58. The lowest BCUT2D eigenvalue weighted by atomic mass is 10.0. The van der Waals surface area contributed by atoms with E-state index in [9.17, 15) is 22.4 Å². The fourth-order valence-electron chi connectivity index (χ4n) is 3.61. The van der Waals surface area contributed by atoms with Crippen molar-refractivity contribution in [2.45, 2.75) is 36.1 Å². The molecule has 1 aliphatic rings. The second-order valence-electron chi connectivity index (χ2n) is 7.17. The molecule has 3 aromatic rings. The van der Waals surface area contributed by atoms with E-state index >= 15 is 0 Å². The molecule has 1 amide bonds. The Morgan fingerprint density at radius 1 is 1.28 bits per heavy atom. The average molecular weight is 498 g/mol. The number of piperidine rings is 1. The second-order valence-corrected chi connectivity index (χ2v) is 11.2. The maximum atomic E-state index is 13.7. The van der Waals surface area contributed by atoms with Crippen LogP contribution < -0.4 is 4.80 Å². The number of thiazole rings is 1. The summed E-state index contributed by atoms with van der Waals surface area (Å²) in [6.07, 6.45) is 1.70. The molecule has 1 fully saturated rings. The molecule has 0 bridgehead atoms. The molecule has 8 nitrogen and oxygen atoms in total. The number of halogens is 1. The molecule has 1 aromatic carbocycles. The van der Waals surface area contributed by atoms with Crippen LogP contribution >= 0.6 is 22.7 Å². The van der Waals surface area contributed by atoms with E-state index in [4.69, 9.17) is 4.74 Å². The van der Waals surface area contributed by atoms with E-state index in [1.807, 2.05) is 0 Å². The SMILES string of the molecule is COC(=O)Cn1c(=NC(=O)C2CCCCN2S(=O)(=O)c2cccs2)sc2cc(F)ccc21. The van der Waals surface area contributed by atoms with E-state index in [1.54, 1.807) is 11.4 Å². The number of hydrogen-bond acceptors (Lipinski definition) is 7. The van der Waals surface area contributed by atoms with Crippen LogP contribution in [-0.4, -0.2) is 48.9 Å². The Labute approximate surface area is 191 Å². The topological polar surface area (TPSA) is 98.0 Å². The van der Waals surface area contributed by atoms with Crippen molar-refractivity contribution in [1.82, 2.24) is 8.87 Å². The first kappa shape index (κ1) is 22.8. The Bertz CT molecular complexity index is 1330. The normalized spacial score (nSPS) is 18.2. The van der Waals surface area contributed by atoms with Crippen LogP contribution in [0.4, 0.5) is 4.39 Å².